The molecule has 0 fully saturated rings. The fourth-order valence-electron chi connectivity index (χ4n) is 1.19. The molecular formula is C12H22O2. The second-order valence-corrected chi connectivity index (χ2v) is 4.14. The fourth-order valence-corrected chi connectivity index (χ4v) is 1.19. The van der Waals surface area contributed by atoms with Crippen LogP contribution < -0.4 is 0 Å². The SMILES string of the molecule is CCC(C)(O)CC/C=C(\C)CCC=O. The third-order valence-electron chi connectivity index (χ3n) is 2.59. The van der Waals surface area contributed by atoms with Crippen LogP contribution in [0, 0.1) is 0 Å². The third kappa shape index (κ3) is 6.84. The van der Waals surface area contributed by atoms with Crippen molar-refractivity contribution in [2.24, 2.45) is 0 Å². The number of carbonyl (C=O) groups excluding carboxylic acids is 1. The van der Waals surface area contributed by atoms with Gasteiger partial charge in [-0.3, -0.25) is 0 Å². The molecule has 0 saturated heterocycles. The average Bonchev–Trinajstić information content (AvgIpc) is 2.14. The Kier molecular flexibility index (Phi) is 6.46. The maximum absolute atomic E-state index is 10.1. The minimum absolute atomic E-state index is 0.540. The third-order valence-corrected chi connectivity index (χ3v) is 2.59. The summed E-state index contributed by atoms with van der Waals surface area (Å²) in [5.41, 5.74) is 0.700. The molecule has 2 nitrogen and oxygen atoms in total. The van der Waals surface area contributed by atoms with Crippen molar-refractivity contribution in [2.45, 2.75) is 58.5 Å². The van der Waals surface area contributed by atoms with Crippen LogP contribution in [0.5, 0.6) is 0 Å². The molecule has 0 aliphatic heterocycles. The van der Waals surface area contributed by atoms with Gasteiger partial charge in [0.05, 0.1) is 5.60 Å². The van der Waals surface area contributed by atoms with Crippen LogP contribution in [0.1, 0.15) is 52.9 Å². The summed E-state index contributed by atoms with van der Waals surface area (Å²) >= 11 is 0. The van der Waals surface area contributed by atoms with Crippen molar-refractivity contribution >= 4 is 6.29 Å². The number of allylic oxidation sites excluding steroid dienone is 2. The van der Waals surface area contributed by atoms with Gasteiger partial charge in [-0.15, -0.1) is 0 Å². The topological polar surface area (TPSA) is 37.3 Å². The number of hydrogen-bond donors (Lipinski definition) is 1. The van der Waals surface area contributed by atoms with E-state index < -0.39 is 5.60 Å². The molecule has 0 aromatic heterocycles. The molecular weight excluding hydrogens is 176 g/mol. The van der Waals surface area contributed by atoms with E-state index in [1.807, 2.05) is 20.8 Å². The van der Waals surface area contributed by atoms with Crippen molar-refractivity contribution in [2.75, 3.05) is 0 Å². The summed E-state index contributed by atoms with van der Waals surface area (Å²) in [4.78, 5) is 10.1. The summed E-state index contributed by atoms with van der Waals surface area (Å²) in [5.74, 6) is 0. The molecule has 0 radical (unpaired) electrons. The maximum atomic E-state index is 10.1. The van der Waals surface area contributed by atoms with Crippen LogP contribution >= 0.6 is 0 Å². The fraction of sp³-hybridized carbons (Fsp3) is 0.750. The van der Waals surface area contributed by atoms with E-state index in [1.54, 1.807) is 0 Å². The predicted octanol–water partition coefficient (Wildman–Crippen LogP) is 2.85. The van der Waals surface area contributed by atoms with Crippen LogP contribution in [0.2, 0.25) is 0 Å². The molecule has 0 heterocycles. The molecule has 0 aromatic carbocycles. The van der Waals surface area contributed by atoms with Gasteiger partial charge in [0.15, 0.2) is 0 Å². The number of rotatable bonds is 7. The van der Waals surface area contributed by atoms with Gasteiger partial charge in [-0.2, -0.15) is 0 Å². The van der Waals surface area contributed by atoms with Crippen molar-refractivity contribution in [1.29, 1.82) is 0 Å². The molecule has 0 aliphatic carbocycles. The van der Waals surface area contributed by atoms with Crippen LogP contribution in [0.4, 0.5) is 0 Å². The molecule has 14 heavy (non-hydrogen) atoms. The Labute approximate surface area is 87.0 Å². The lowest BCUT2D eigenvalue weighted by molar-refractivity contribution is -0.107. The Morgan fingerprint density at radius 2 is 2.07 bits per heavy atom. The molecule has 1 N–H and O–H groups in total. The lowest BCUT2D eigenvalue weighted by Gasteiger charge is -2.20. The summed E-state index contributed by atoms with van der Waals surface area (Å²) in [6.45, 7) is 5.88. The van der Waals surface area contributed by atoms with Crippen LogP contribution in [0.25, 0.3) is 0 Å². The lowest BCUT2D eigenvalue weighted by atomic mass is 9.96. The van der Waals surface area contributed by atoms with Crippen molar-refractivity contribution in [3.8, 4) is 0 Å². The summed E-state index contributed by atoms with van der Waals surface area (Å²) in [5, 5.41) is 9.73. The zero-order chi connectivity index (χ0) is 11.0. The number of aldehydes is 1. The average molecular weight is 198 g/mol. The van der Waals surface area contributed by atoms with E-state index >= 15 is 0 Å². The van der Waals surface area contributed by atoms with E-state index in [0.717, 1.165) is 32.0 Å². The minimum Gasteiger partial charge on any atom is -0.390 e. The Hall–Kier alpha value is -0.630. The zero-order valence-corrected chi connectivity index (χ0v) is 9.55. The number of carbonyl (C=O) groups is 1. The highest BCUT2D eigenvalue weighted by Gasteiger charge is 2.15. The summed E-state index contributed by atoms with van der Waals surface area (Å²) in [7, 11) is 0. The standard InChI is InChI=1S/C12H22O2/c1-4-12(3,14)9-5-7-11(2)8-6-10-13/h7,10,14H,4-6,8-9H2,1-3H3/b11-7+. The highest BCUT2D eigenvalue weighted by Crippen LogP contribution is 2.17. The second-order valence-electron chi connectivity index (χ2n) is 4.14. The van der Waals surface area contributed by atoms with E-state index in [0.29, 0.717) is 6.42 Å². The van der Waals surface area contributed by atoms with Crippen LogP contribution in [0.3, 0.4) is 0 Å². The van der Waals surface area contributed by atoms with Gasteiger partial charge in [0, 0.05) is 6.42 Å². The van der Waals surface area contributed by atoms with E-state index in [-0.39, 0.29) is 0 Å². The Bertz CT molecular complexity index is 192. The highest BCUT2D eigenvalue weighted by molar-refractivity contribution is 5.49. The number of hydrogen-bond acceptors (Lipinski definition) is 2. The molecule has 0 spiro atoms. The van der Waals surface area contributed by atoms with E-state index in [2.05, 4.69) is 6.08 Å². The summed E-state index contributed by atoms with van der Waals surface area (Å²) in [6.07, 6.45) is 6.99. The molecule has 0 saturated carbocycles. The first-order valence-electron chi connectivity index (χ1n) is 5.33. The smallest absolute Gasteiger partial charge is 0.120 e. The van der Waals surface area contributed by atoms with Crippen molar-refractivity contribution < 1.29 is 9.90 Å². The first-order valence-corrected chi connectivity index (χ1v) is 5.33. The Balaban J connectivity index is 3.75. The van der Waals surface area contributed by atoms with Crippen LogP contribution in [0.15, 0.2) is 11.6 Å². The largest absolute Gasteiger partial charge is 0.390 e. The second kappa shape index (κ2) is 6.77. The van der Waals surface area contributed by atoms with Gasteiger partial charge >= 0.3 is 0 Å². The van der Waals surface area contributed by atoms with E-state index in [9.17, 15) is 9.90 Å². The predicted molar refractivity (Wildman–Crippen MR) is 59.2 cm³/mol. The lowest BCUT2D eigenvalue weighted by Crippen LogP contribution is -2.21. The molecule has 2 heteroatoms. The Morgan fingerprint density at radius 1 is 1.43 bits per heavy atom. The van der Waals surface area contributed by atoms with E-state index in [1.165, 1.54) is 5.57 Å². The summed E-state index contributed by atoms with van der Waals surface area (Å²) < 4.78 is 0. The molecule has 0 bridgehead atoms. The van der Waals surface area contributed by atoms with Gasteiger partial charge in [-0.05, 0) is 39.5 Å². The summed E-state index contributed by atoms with van der Waals surface area (Å²) in [6, 6.07) is 0. The maximum Gasteiger partial charge on any atom is 0.120 e. The molecule has 0 rings (SSSR count). The molecule has 0 aliphatic rings. The van der Waals surface area contributed by atoms with Gasteiger partial charge in [0.1, 0.15) is 6.29 Å². The van der Waals surface area contributed by atoms with E-state index in [4.69, 9.17) is 0 Å². The monoisotopic (exact) mass is 198 g/mol. The molecule has 1 unspecified atom stereocenters. The van der Waals surface area contributed by atoms with Gasteiger partial charge < -0.3 is 9.90 Å². The van der Waals surface area contributed by atoms with Crippen molar-refractivity contribution in [3.05, 3.63) is 11.6 Å². The van der Waals surface area contributed by atoms with Crippen LogP contribution in [-0.2, 0) is 4.79 Å². The first kappa shape index (κ1) is 13.4. The normalized spacial score (nSPS) is 16.4. The van der Waals surface area contributed by atoms with Gasteiger partial charge in [-0.1, -0.05) is 18.6 Å². The van der Waals surface area contributed by atoms with Gasteiger partial charge in [0.2, 0.25) is 0 Å². The minimum atomic E-state index is -0.540. The molecule has 1 atom stereocenters. The quantitative estimate of drug-likeness (QED) is 0.504. The van der Waals surface area contributed by atoms with Crippen molar-refractivity contribution in [3.63, 3.8) is 0 Å². The van der Waals surface area contributed by atoms with Gasteiger partial charge in [0.25, 0.3) is 0 Å². The van der Waals surface area contributed by atoms with Crippen LogP contribution in [-0.4, -0.2) is 17.0 Å². The molecule has 0 amide bonds. The molecule has 0 aromatic rings. The number of aliphatic hydroxyl groups is 1. The first-order chi connectivity index (χ1) is 6.52. The zero-order valence-electron chi connectivity index (χ0n) is 9.55. The Morgan fingerprint density at radius 3 is 2.57 bits per heavy atom. The van der Waals surface area contributed by atoms with Gasteiger partial charge in [-0.25, -0.2) is 0 Å². The van der Waals surface area contributed by atoms with Crippen molar-refractivity contribution in [1.82, 2.24) is 0 Å². The molecule has 82 valence electrons. The highest BCUT2D eigenvalue weighted by atomic mass is 16.3.